The van der Waals surface area contributed by atoms with Gasteiger partial charge in [0.15, 0.2) is 0 Å². The van der Waals surface area contributed by atoms with E-state index < -0.39 is 22.0 Å². The molecule has 0 fully saturated rings. The topological polar surface area (TPSA) is 107 Å². The number of hydrogen-bond acceptors (Lipinski definition) is 5. The first-order valence-corrected chi connectivity index (χ1v) is 8.52. The minimum absolute atomic E-state index is 0.119. The number of sulfonamides is 1. The van der Waals surface area contributed by atoms with Crippen molar-refractivity contribution in [2.24, 2.45) is 0 Å². The number of nitrogens with one attached hydrogen (secondary N) is 1. The lowest BCUT2D eigenvalue weighted by atomic mass is 10.2. The Kier molecular flexibility index (Phi) is 6.01. The second-order valence-corrected chi connectivity index (χ2v) is 6.63. The van der Waals surface area contributed by atoms with Gasteiger partial charge in [-0.1, -0.05) is 6.07 Å². The molecule has 0 aliphatic rings. The maximum absolute atomic E-state index is 12.1. The number of nitrogens with zero attached hydrogens (tertiary/aromatic N) is 1. The summed E-state index contributed by atoms with van der Waals surface area (Å²) in [6, 6.07) is 6.08. The van der Waals surface area contributed by atoms with E-state index in [0.29, 0.717) is 5.75 Å². The van der Waals surface area contributed by atoms with Crippen LogP contribution in [0.2, 0.25) is 0 Å². The minimum Gasteiger partial charge on any atom is -0.480 e. The van der Waals surface area contributed by atoms with Gasteiger partial charge in [-0.05, 0) is 36.6 Å². The van der Waals surface area contributed by atoms with Crippen LogP contribution in [-0.2, 0) is 14.8 Å². The molecule has 0 saturated carbocycles. The van der Waals surface area contributed by atoms with Crippen molar-refractivity contribution >= 4 is 27.8 Å². The Morgan fingerprint density at radius 3 is 2.80 bits per heavy atom. The molecule has 0 unspecified atom stereocenters. The van der Waals surface area contributed by atoms with Crippen molar-refractivity contribution in [2.75, 3.05) is 12.0 Å². The second-order valence-electron chi connectivity index (χ2n) is 3.93. The van der Waals surface area contributed by atoms with Crippen LogP contribution in [0.3, 0.4) is 0 Å². The average Bonchev–Trinajstić information content (AvgIpc) is 2.43. The Morgan fingerprint density at radius 1 is 1.55 bits per heavy atom. The lowest BCUT2D eigenvalue weighted by molar-refractivity contribution is -0.139. The molecule has 0 bridgehead atoms. The van der Waals surface area contributed by atoms with Crippen LogP contribution in [-0.4, -0.2) is 37.5 Å². The third-order valence-corrected chi connectivity index (χ3v) is 4.59. The molecule has 1 aromatic carbocycles. The van der Waals surface area contributed by atoms with Crippen molar-refractivity contribution in [3.05, 3.63) is 29.8 Å². The summed E-state index contributed by atoms with van der Waals surface area (Å²) in [4.78, 5) is 10.9. The molecular formula is C12H14N2O4S2. The van der Waals surface area contributed by atoms with Crippen LogP contribution >= 0.6 is 11.8 Å². The van der Waals surface area contributed by atoms with Crippen LogP contribution in [0.1, 0.15) is 12.0 Å². The van der Waals surface area contributed by atoms with Gasteiger partial charge in [-0.2, -0.15) is 21.7 Å². The van der Waals surface area contributed by atoms with E-state index in [9.17, 15) is 13.2 Å². The van der Waals surface area contributed by atoms with E-state index in [1.165, 1.54) is 36.0 Å². The van der Waals surface area contributed by atoms with Crippen LogP contribution in [0.5, 0.6) is 0 Å². The van der Waals surface area contributed by atoms with E-state index in [4.69, 9.17) is 10.4 Å². The monoisotopic (exact) mass is 314 g/mol. The number of carboxylic acids is 1. The molecule has 1 rings (SSSR count). The van der Waals surface area contributed by atoms with Crippen LogP contribution in [0, 0.1) is 11.3 Å². The normalized spacial score (nSPS) is 12.6. The standard InChI is InChI=1S/C12H14N2O4S2/c1-19-6-5-11(12(15)16)14-20(17,18)10-4-2-3-9(7-10)8-13/h2-4,7,11,14H,5-6H2,1H3,(H,15,16)/t11-/m1/s1. The van der Waals surface area contributed by atoms with Gasteiger partial charge in [0.1, 0.15) is 6.04 Å². The van der Waals surface area contributed by atoms with Gasteiger partial charge in [0, 0.05) is 0 Å². The molecule has 0 spiro atoms. The summed E-state index contributed by atoms with van der Waals surface area (Å²) in [5.41, 5.74) is 0.198. The van der Waals surface area contributed by atoms with Gasteiger partial charge < -0.3 is 5.11 Å². The number of rotatable bonds is 7. The first kappa shape index (κ1) is 16.5. The molecular weight excluding hydrogens is 300 g/mol. The number of benzene rings is 1. The molecule has 0 aliphatic carbocycles. The largest absolute Gasteiger partial charge is 0.480 e. The predicted molar refractivity (Wildman–Crippen MR) is 75.9 cm³/mol. The maximum atomic E-state index is 12.1. The zero-order chi connectivity index (χ0) is 15.2. The Labute approximate surface area is 121 Å². The number of nitriles is 1. The highest BCUT2D eigenvalue weighted by molar-refractivity contribution is 7.98. The summed E-state index contributed by atoms with van der Waals surface area (Å²) in [5.74, 6) is -0.698. The summed E-state index contributed by atoms with van der Waals surface area (Å²) in [6.07, 6.45) is 2.00. The third kappa shape index (κ3) is 4.52. The molecule has 0 heterocycles. The molecule has 6 nitrogen and oxygen atoms in total. The summed E-state index contributed by atoms with van der Waals surface area (Å²) in [5, 5.41) is 17.8. The van der Waals surface area contributed by atoms with Crippen LogP contribution in [0.15, 0.2) is 29.2 Å². The Hall–Kier alpha value is -1.56. The molecule has 2 N–H and O–H groups in total. The van der Waals surface area contributed by atoms with E-state index in [1.54, 1.807) is 0 Å². The van der Waals surface area contributed by atoms with Crippen LogP contribution < -0.4 is 4.72 Å². The van der Waals surface area contributed by atoms with E-state index in [0.717, 1.165) is 0 Å². The Morgan fingerprint density at radius 2 is 2.25 bits per heavy atom. The zero-order valence-electron chi connectivity index (χ0n) is 10.7. The summed E-state index contributed by atoms with van der Waals surface area (Å²) in [7, 11) is -3.96. The lowest BCUT2D eigenvalue weighted by Gasteiger charge is -2.14. The molecule has 108 valence electrons. The molecule has 1 atom stereocenters. The highest BCUT2D eigenvalue weighted by atomic mass is 32.2. The van der Waals surface area contributed by atoms with Gasteiger partial charge >= 0.3 is 5.97 Å². The highest BCUT2D eigenvalue weighted by Crippen LogP contribution is 2.12. The minimum atomic E-state index is -3.96. The quantitative estimate of drug-likeness (QED) is 0.778. The van der Waals surface area contributed by atoms with E-state index in [-0.39, 0.29) is 16.9 Å². The smallest absolute Gasteiger partial charge is 0.321 e. The number of aliphatic carboxylic acids is 1. The van der Waals surface area contributed by atoms with Gasteiger partial charge in [0.05, 0.1) is 16.5 Å². The number of carbonyl (C=O) groups is 1. The molecule has 0 aliphatic heterocycles. The van der Waals surface area contributed by atoms with Gasteiger partial charge in [0.2, 0.25) is 10.0 Å². The van der Waals surface area contributed by atoms with Gasteiger partial charge in [-0.25, -0.2) is 8.42 Å². The highest BCUT2D eigenvalue weighted by Gasteiger charge is 2.25. The number of thioether (sulfide) groups is 1. The fourth-order valence-corrected chi connectivity index (χ4v) is 3.20. The summed E-state index contributed by atoms with van der Waals surface area (Å²) in [6.45, 7) is 0. The van der Waals surface area contributed by atoms with Crippen molar-refractivity contribution in [3.8, 4) is 6.07 Å². The van der Waals surface area contributed by atoms with Crippen molar-refractivity contribution in [2.45, 2.75) is 17.4 Å². The lowest BCUT2D eigenvalue weighted by Crippen LogP contribution is -2.41. The second kappa shape index (κ2) is 7.28. The maximum Gasteiger partial charge on any atom is 0.321 e. The van der Waals surface area contributed by atoms with E-state index >= 15 is 0 Å². The van der Waals surface area contributed by atoms with E-state index in [1.807, 2.05) is 12.3 Å². The fraction of sp³-hybridized carbons (Fsp3) is 0.333. The van der Waals surface area contributed by atoms with Gasteiger partial charge in [-0.3, -0.25) is 4.79 Å². The molecule has 1 aromatic rings. The van der Waals surface area contributed by atoms with E-state index in [2.05, 4.69) is 4.72 Å². The SMILES string of the molecule is CSCC[C@@H](NS(=O)(=O)c1cccc(C#N)c1)C(=O)O. The predicted octanol–water partition coefficient (Wildman–Crippen LogP) is 1.04. The third-order valence-electron chi connectivity index (χ3n) is 2.48. The van der Waals surface area contributed by atoms with Crippen molar-refractivity contribution in [1.29, 1.82) is 5.26 Å². The number of hydrogen-bond donors (Lipinski definition) is 2. The molecule has 0 radical (unpaired) electrons. The Balaban J connectivity index is 2.97. The molecule has 0 aromatic heterocycles. The van der Waals surface area contributed by atoms with Gasteiger partial charge in [0.25, 0.3) is 0 Å². The summed E-state index contributed by atoms with van der Waals surface area (Å²) >= 11 is 1.43. The van der Waals surface area contributed by atoms with Gasteiger partial charge in [-0.15, -0.1) is 0 Å². The Bertz CT molecular complexity index is 623. The van der Waals surface area contributed by atoms with Crippen molar-refractivity contribution < 1.29 is 18.3 Å². The fourth-order valence-electron chi connectivity index (χ4n) is 1.46. The van der Waals surface area contributed by atoms with Crippen molar-refractivity contribution in [3.63, 3.8) is 0 Å². The van der Waals surface area contributed by atoms with Crippen LogP contribution in [0.25, 0.3) is 0 Å². The zero-order valence-corrected chi connectivity index (χ0v) is 12.4. The first-order chi connectivity index (χ1) is 9.40. The average molecular weight is 314 g/mol. The number of carboxylic acid groups (broad SMARTS) is 1. The summed E-state index contributed by atoms with van der Waals surface area (Å²) < 4.78 is 26.3. The van der Waals surface area contributed by atoms with Crippen LogP contribution in [0.4, 0.5) is 0 Å². The molecule has 0 amide bonds. The molecule has 20 heavy (non-hydrogen) atoms. The molecule has 0 saturated heterocycles. The molecule has 8 heteroatoms. The van der Waals surface area contributed by atoms with Crippen molar-refractivity contribution in [1.82, 2.24) is 4.72 Å². The first-order valence-electron chi connectivity index (χ1n) is 5.65.